The molecule has 0 aliphatic carbocycles. The van der Waals surface area contributed by atoms with Crippen LogP contribution in [-0.4, -0.2) is 23.6 Å². The lowest BCUT2D eigenvalue weighted by molar-refractivity contribution is -0.114. The van der Waals surface area contributed by atoms with Gasteiger partial charge in [0, 0.05) is 12.6 Å². The number of anilines is 1. The molecule has 1 aliphatic rings. The van der Waals surface area contributed by atoms with E-state index in [0.717, 1.165) is 11.6 Å². The molecule has 0 saturated heterocycles. The molecule has 6 nitrogen and oxygen atoms in total. The van der Waals surface area contributed by atoms with Crippen LogP contribution in [0.4, 0.5) is 10.1 Å². The number of ether oxygens (including phenoxy) is 1. The van der Waals surface area contributed by atoms with E-state index in [0.29, 0.717) is 6.54 Å². The molecule has 3 rings (SSSR count). The molecule has 150 valence electrons. The zero-order valence-electron chi connectivity index (χ0n) is 15.7. The van der Waals surface area contributed by atoms with Crippen molar-refractivity contribution in [2.75, 3.05) is 11.5 Å². The maximum Gasteiger partial charge on any atom is 0.269 e. The van der Waals surface area contributed by atoms with Gasteiger partial charge >= 0.3 is 0 Å². The summed E-state index contributed by atoms with van der Waals surface area (Å²) in [5.74, 6) is 1.25. The summed E-state index contributed by atoms with van der Waals surface area (Å²) in [6, 6.07) is 12.0. The van der Waals surface area contributed by atoms with E-state index in [9.17, 15) is 9.18 Å². The van der Waals surface area contributed by atoms with E-state index in [1.807, 2.05) is 30.3 Å². The molecule has 0 fully saturated rings. The van der Waals surface area contributed by atoms with Crippen LogP contribution in [0.25, 0.3) is 0 Å². The molecule has 1 aliphatic heterocycles. The van der Waals surface area contributed by atoms with Crippen LogP contribution >= 0.6 is 11.6 Å². The number of benzene rings is 2. The fraction of sp³-hybridized carbons (Fsp3) is 0.190. The minimum absolute atomic E-state index is 0.00227. The maximum absolute atomic E-state index is 14.8. The Balaban J connectivity index is 2.04. The van der Waals surface area contributed by atoms with Gasteiger partial charge in [0.1, 0.15) is 35.9 Å². The Labute approximate surface area is 173 Å². The third-order valence-corrected chi connectivity index (χ3v) is 4.91. The highest BCUT2D eigenvalue weighted by atomic mass is 35.5. The summed E-state index contributed by atoms with van der Waals surface area (Å²) in [4.78, 5) is 15.4. The Morgan fingerprint density at radius 3 is 2.66 bits per heavy atom. The number of nitrogens with two attached hydrogens (primary N) is 2. The lowest BCUT2D eigenvalue weighted by Gasteiger charge is -2.31. The summed E-state index contributed by atoms with van der Waals surface area (Å²) in [5, 5.41) is 0.0621. The van der Waals surface area contributed by atoms with Crippen LogP contribution in [0.5, 0.6) is 5.75 Å². The minimum atomic E-state index is -0.773. The molecule has 0 aromatic heterocycles. The van der Waals surface area contributed by atoms with E-state index in [-0.39, 0.29) is 34.6 Å². The quantitative estimate of drug-likeness (QED) is 0.710. The number of rotatable bonds is 6. The molecule has 8 heteroatoms. The van der Waals surface area contributed by atoms with Gasteiger partial charge in [-0.2, -0.15) is 0 Å². The highest BCUT2D eigenvalue weighted by Crippen LogP contribution is 2.39. The molecule has 1 atom stereocenters. The number of primary amides is 1. The molecule has 4 N–H and O–H groups in total. The number of nitrogens with zero attached hydrogens (tertiary/aromatic N) is 2. The predicted molar refractivity (Wildman–Crippen MR) is 110 cm³/mol. The molecule has 0 bridgehead atoms. The van der Waals surface area contributed by atoms with E-state index in [4.69, 9.17) is 34.2 Å². The predicted octanol–water partition coefficient (Wildman–Crippen LogP) is 2.77. The van der Waals surface area contributed by atoms with Gasteiger partial charge < -0.3 is 26.0 Å². The largest absolute Gasteiger partial charge is 0.479 e. The van der Waals surface area contributed by atoms with Gasteiger partial charge in [0.25, 0.3) is 5.91 Å². The van der Waals surface area contributed by atoms with E-state index >= 15 is 0 Å². The molecular formula is C21H20ClFN4O2. The van der Waals surface area contributed by atoms with Crippen molar-refractivity contribution in [1.82, 2.24) is 4.90 Å². The molecule has 2 aromatic rings. The minimum Gasteiger partial charge on any atom is -0.479 e. The zero-order valence-corrected chi connectivity index (χ0v) is 16.5. The van der Waals surface area contributed by atoms with Gasteiger partial charge in [0.15, 0.2) is 0 Å². The molecule has 1 unspecified atom stereocenters. The first-order chi connectivity index (χ1) is 13.8. The topological polar surface area (TPSA) is 84.8 Å². The Hall–Kier alpha value is -3.37. The van der Waals surface area contributed by atoms with E-state index in [1.165, 1.54) is 11.0 Å². The first-order valence-electron chi connectivity index (χ1n) is 8.79. The van der Waals surface area contributed by atoms with E-state index < -0.39 is 17.9 Å². The number of carbonyl (C=O) groups excluding carboxylic acids is 1. The summed E-state index contributed by atoms with van der Waals surface area (Å²) in [5.41, 5.74) is 12.9. The molecule has 0 radical (unpaired) electrons. The highest BCUT2D eigenvalue weighted by Gasteiger charge is 2.39. The van der Waals surface area contributed by atoms with Crippen LogP contribution in [0, 0.1) is 18.2 Å². The average molecular weight is 415 g/mol. The SMILES string of the molecule is C#CCOc1cc(N2C(C(N)=O)=C(N)N(Cc3ccccc3)C2C)c(F)cc1Cl. The Morgan fingerprint density at radius 2 is 2.03 bits per heavy atom. The van der Waals surface area contributed by atoms with Crippen LogP contribution in [0.3, 0.4) is 0 Å². The average Bonchev–Trinajstić information content (AvgIpc) is 2.93. The second-order valence-electron chi connectivity index (χ2n) is 6.44. The molecule has 1 amide bonds. The van der Waals surface area contributed by atoms with Crippen LogP contribution in [-0.2, 0) is 11.3 Å². The normalized spacial score (nSPS) is 16.1. The van der Waals surface area contributed by atoms with Gasteiger partial charge in [-0.3, -0.25) is 4.79 Å². The van der Waals surface area contributed by atoms with Crippen molar-refractivity contribution in [2.24, 2.45) is 11.5 Å². The number of hydrogen-bond acceptors (Lipinski definition) is 5. The van der Waals surface area contributed by atoms with Crippen LogP contribution in [0.2, 0.25) is 5.02 Å². The fourth-order valence-corrected chi connectivity index (χ4v) is 3.49. The monoisotopic (exact) mass is 414 g/mol. The van der Waals surface area contributed by atoms with Gasteiger partial charge in [-0.25, -0.2) is 4.39 Å². The number of terminal acetylenes is 1. The summed E-state index contributed by atoms with van der Waals surface area (Å²) in [6.45, 7) is 2.17. The third kappa shape index (κ3) is 3.93. The van der Waals surface area contributed by atoms with Crippen molar-refractivity contribution in [2.45, 2.75) is 19.6 Å². The Morgan fingerprint density at radius 1 is 1.34 bits per heavy atom. The highest BCUT2D eigenvalue weighted by molar-refractivity contribution is 6.32. The lowest BCUT2D eigenvalue weighted by atomic mass is 10.2. The summed E-state index contributed by atoms with van der Waals surface area (Å²) < 4.78 is 20.2. The van der Waals surface area contributed by atoms with Gasteiger partial charge in [0.05, 0.1) is 10.7 Å². The van der Waals surface area contributed by atoms with Gasteiger partial charge in [-0.15, -0.1) is 6.42 Å². The smallest absolute Gasteiger partial charge is 0.269 e. The Bertz CT molecular complexity index is 1000. The zero-order chi connectivity index (χ0) is 21.1. The number of hydrogen-bond donors (Lipinski definition) is 2. The second kappa shape index (κ2) is 8.33. The fourth-order valence-electron chi connectivity index (χ4n) is 3.28. The van der Waals surface area contributed by atoms with Gasteiger partial charge in [-0.1, -0.05) is 47.9 Å². The van der Waals surface area contributed by atoms with Gasteiger partial charge in [-0.05, 0) is 18.6 Å². The van der Waals surface area contributed by atoms with E-state index in [1.54, 1.807) is 11.8 Å². The van der Waals surface area contributed by atoms with Crippen molar-refractivity contribution in [1.29, 1.82) is 0 Å². The molecule has 29 heavy (non-hydrogen) atoms. The van der Waals surface area contributed by atoms with Gasteiger partial charge in [0.2, 0.25) is 0 Å². The maximum atomic E-state index is 14.8. The van der Waals surface area contributed by atoms with Crippen molar-refractivity contribution in [3.63, 3.8) is 0 Å². The van der Waals surface area contributed by atoms with Crippen molar-refractivity contribution < 1.29 is 13.9 Å². The number of carbonyl (C=O) groups is 1. The van der Waals surface area contributed by atoms with Crippen LogP contribution in [0.1, 0.15) is 12.5 Å². The van der Waals surface area contributed by atoms with Crippen LogP contribution in [0.15, 0.2) is 54.0 Å². The van der Waals surface area contributed by atoms with Crippen molar-refractivity contribution in [3.8, 4) is 18.1 Å². The summed E-state index contributed by atoms with van der Waals surface area (Å²) in [6.07, 6.45) is 4.72. The second-order valence-corrected chi connectivity index (χ2v) is 6.85. The molecular weight excluding hydrogens is 395 g/mol. The molecule has 0 spiro atoms. The lowest BCUT2D eigenvalue weighted by Crippen LogP contribution is -2.40. The molecule has 1 heterocycles. The van der Waals surface area contributed by atoms with E-state index in [2.05, 4.69) is 5.92 Å². The number of amides is 1. The van der Waals surface area contributed by atoms with Crippen molar-refractivity contribution >= 4 is 23.2 Å². The summed E-state index contributed by atoms with van der Waals surface area (Å²) in [7, 11) is 0. The van der Waals surface area contributed by atoms with Crippen LogP contribution < -0.4 is 21.1 Å². The molecule has 0 saturated carbocycles. The van der Waals surface area contributed by atoms with Crippen molar-refractivity contribution in [3.05, 3.63) is 70.4 Å². The standard InChI is InChI=1S/C21H20ClFN4O2/c1-3-9-29-18-11-17(16(23)10-15(18)22)27-13(2)26(20(24)19(27)21(25)28)12-14-7-5-4-6-8-14/h1,4-8,10-11,13H,9,12,24H2,2H3,(H2,25,28). The Kier molecular flexibility index (Phi) is 5.85. The first-order valence-corrected chi connectivity index (χ1v) is 9.17. The molecule has 2 aromatic carbocycles. The first kappa shape index (κ1) is 20.4. The summed E-state index contributed by atoms with van der Waals surface area (Å²) >= 11 is 6.05. The number of halogens is 2. The third-order valence-electron chi connectivity index (χ3n) is 4.62.